The maximum absolute atomic E-state index is 8.45. The van der Waals surface area contributed by atoms with Crippen molar-refractivity contribution in [1.29, 1.82) is 0 Å². The maximum Gasteiger partial charge on any atom is 0.492 e. The highest BCUT2D eigenvalue weighted by atomic mass is 28.4. The molecule has 5 heteroatoms. The fourth-order valence-corrected chi connectivity index (χ4v) is 1.23. The molecule has 9 heavy (non-hydrogen) atoms. The van der Waals surface area contributed by atoms with Crippen LogP contribution in [0.25, 0.3) is 0 Å². The average Bonchev–Trinajstić information content (AvgIpc) is 1.63. The molecule has 0 saturated heterocycles. The van der Waals surface area contributed by atoms with Crippen LogP contribution in [0.4, 0.5) is 0 Å². The maximum atomic E-state index is 8.45. The van der Waals surface area contributed by atoms with Gasteiger partial charge in [0.25, 0.3) is 0 Å². The summed E-state index contributed by atoms with van der Waals surface area (Å²) < 4.78 is 0. The van der Waals surface area contributed by atoms with Crippen LogP contribution in [-0.4, -0.2) is 29.7 Å². The summed E-state index contributed by atoms with van der Waals surface area (Å²) in [5, 5.41) is 0. The molecule has 0 aliphatic carbocycles. The topological polar surface area (TPSA) is 86.7 Å². The highest BCUT2D eigenvalue weighted by Gasteiger charge is 2.24. The monoisotopic (exact) mass is 151 g/mol. The Morgan fingerprint density at radius 1 is 1.11 bits per heavy atom. The van der Waals surface area contributed by atoms with Crippen molar-refractivity contribution < 1.29 is 14.4 Å². The summed E-state index contributed by atoms with van der Waals surface area (Å²) in [5.41, 5.74) is 5.13. The molecule has 0 amide bonds. The van der Waals surface area contributed by atoms with Crippen molar-refractivity contribution in [3.8, 4) is 0 Å². The number of unbranched alkanes of at least 4 members (excludes halogenated alkanes) is 1. The summed E-state index contributed by atoms with van der Waals surface area (Å²) in [6.45, 7) is 0.532. The van der Waals surface area contributed by atoms with E-state index in [1.54, 1.807) is 0 Å². The van der Waals surface area contributed by atoms with Gasteiger partial charge in [0.05, 0.1) is 0 Å². The Morgan fingerprint density at radius 2 is 1.67 bits per heavy atom. The average molecular weight is 151 g/mol. The molecule has 0 aromatic heterocycles. The fourth-order valence-electron chi connectivity index (χ4n) is 0.507. The van der Waals surface area contributed by atoms with Crippen LogP contribution in [0.1, 0.15) is 12.8 Å². The number of rotatable bonds is 4. The standard InChI is InChI=1S/C4H13NO3Si/c5-3-1-2-4-9(6,7)8/h6-8H,1-5H2. The van der Waals surface area contributed by atoms with Crippen molar-refractivity contribution >= 4 is 8.80 Å². The van der Waals surface area contributed by atoms with Gasteiger partial charge in [0.2, 0.25) is 0 Å². The Kier molecular flexibility index (Phi) is 3.99. The second-order valence-electron chi connectivity index (χ2n) is 2.02. The predicted molar refractivity (Wildman–Crippen MR) is 35.5 cm³/mol. The van der Waals surface area contributed by atoms with Gasteiger partial charge in [0, 0.05) is 6.04 Å². The van der Waals surface area contributed by atoms with Crippen LogP contribution in [0.15, 0.2) is 0 Å². The van der Waals surface area contributed by atoms with Gasteiger partial charge >= 0.3 is 8.80 Å². The molecule has 0 aromatic rings. The van der Waals surface area contributed by atoms with Gasteiger partial charge in [-0.25, -0.2) is 0 Å². The van der Waals surface area contributed by atoms with E-state index < -0.39 is 8.80 Å². The fraction of sp³-hybridized carbons (Fsp3) is 1.00. The minimum absolute atomic E-state index is 0.101. The predicted octanol–water partition coefficient (Wildman–Crippen LogP) is -1.36. The highest BCUT2D eigenvalue weighted by molar-refractivity contribution is 6.56. The molecule has 0 radical (unpaired) electrons. The molecule has 0 unspecified atom stereocenters. The third-order valence-electron chi connectivity index (χ3n) is 0.966. The Labute approximate surface area is 55.3 Å². The molecule has 0 saturated carbocycles. The Bertz CT molecular complexity index is 72.7. The van der Waals surface area contributed by atoms with Crippen molar-refractivity contribution in [3.05, 3.63) is 0 Å². The van der Waals surface area contributed by atoms with E-state index in [2.05, 4.69) is 0 Å². The first-order valence-electron chi connectivity index (χ1n) is 2.93. The lowest BCUT2D eigenvalue weighted by molar-refractivity contribution is 0.226. The molecule has 56 valence electrons. The van der Waals surface area contributed by atoms with Crippen LogP contribution in [0, 0.1) is 0 Å². The Morgan fingerprint density at radius 3 is 2.00 bits per heavy atom. The van der Waals surface area contributed by atoms with E-state index in [1.165, 1.54) is 0 Å². The summed E-state index contributed by atoms with van der Waals surface area (Å²) in [4.78, 5) is 25.4. The molecule has 0 bridgehead atoms. The quantitative estimate of drug-likeness (QED) is 0.295. The first-order chi connectivity index (χ1) is 4.06. The molecular formula is C4H13NO3Si. The SMILES string of the molecule is NCCCC[Si](O)(O)O. The lowest BCUT2D eigenvalue weighted by atomic mass is 10.3. The Balaban J connectivity index is 3.07. The van der Waals surface area contributed by atoms with Gasteiger partial charge in [-0.15, -0.1) is 0 Å². The lowest BCUT2D eigenvalue weighted by Crippen LogP contribution is -2.34. The van der Waals surface area contributed by atoms with Crippen molar-refractivity contribution in [1.82, 2.24) is 0 Å². The van der Waals surface area contributed by atoms with E-state index in [0.717, 1.165) is 6.42 Å². The molecule has 0 atom stereocenters. The van der Waals surface area contributed by atoms with E-state index in [1.807, 2.05) is 0 Å². The normalized spacial score (nSPS) is 12.0. The molecule has 0 aromatic carbocycles. The summed E-state index contributed by atoms with van der Waals surface area (Å²) in [6.07, 6.45) is 1.32. The van der Waals surface area contributed by atoms with Crippen molar-refractivity contribution in [2.24, 2.45) is 5.73 Å². The van der Waals surface area contributed by atoms with E-state index in [0.29, 0.717) is 13.0 Å². The molecule has 0 fully saturated rings. The van der Waals surface area contributed by atoms with Gasteiger partial charge in [0.1, 0.15) is 0 Å². The largest absolute Gasteiger partial charge is 0.492 e. The summed E-state index contributed by atoms with van der Waals surface area (Å²) in [6, 6.07) is 0.101. The van der Waals surface area contributed by atoms with Crippen LogP contribution in [-0.2, 0) is 0 Å². The number of hydrogen-bond donors (Lipinski definition) is 4. The zero-order valence-electron chi connectivity index (χ0n) is 5.25. The molecule has 0 spiro atoms. The second kappa shape index (κ2) is 3.97. The van der Waals surface area contributed by atoms with Gasteiger partial charge < -0.3 is 20.1 Å². The van der Waals surface area contributed by atoms with Gasteiger partial charge in [-0.3, -0.25) is 0 Å². The van der Waals surface area contributed by atoms with Crippen LogP contribution in [0.5, 0.6) is 0 Å². The van der Waals surface area contributed by atoms with Crippen molar-refractivity contribution in [2.75, 3.05) is 6.54 Å². The molecule has 4 nitrogen and oxygen atoms in total. The summed E-state index contributed by atoms with van der Waals surface area (Å²) in [7, 11) is -3.75. The van der Waals surface area contributed by atoms with E-state index in [4.69, 9.17) is 20.1 Å². The third-order valence-corrected chi connectivity index (χ3v) is 1.99. The zero-order chi connectivity index (χ0) is 7.33. The minimum atomic E-state index is -3.75. The third kappa shape index (κ3) is 8.06. The zero-order valence-corrected chi connectivity index (χ0v) is 6.25. The summed E-state index contributed by atoms with van der Waals surface area (Å²) >= 11 is 0. The highest BCUT2D eigenvalue weighted by Crippen LogP contribution is 2.02. The van der Waals surface area contributed by atoms with Crippen molar-refractivity contribution in [2.45, 2.75) is 18.9 Å². The van der Waals surface area contributed by atoms with Crippen LogP contribution < -0.4 is 5.73 Å². The van der Waals surface area contributed by atoms with Gasteiger partial charge in [0.15, 0.2) is 0 Å². The van der Waals surface area contributed by atoms with Gasteiger partial charge in [-0.2, -0.15) is 0 Å². The van der Waals surface area contributed by atoms with Gasteiger partial charge in [-0.1, -0.05) is 0 Å². The van der Waals surface area contributed by atoms with Gasteiger partial charge in [-0.05, 0) is 19.4 Å². The first-order valence-corrected chi connectivity index (χ1v) is 4.98. The molecule has 0 heterocycles. The van der Waals surface area contributed by atoms with Crippen LogP contribution in [0.2, 0.25) is 6.04 Å². The van der Waals surface area contributed by atoms with E-state index in [9.17, 15) is 0 Å². The number of nitrogens with two attached hydrogens (primary N) is 1. The van der Waals surface area contributed by atoms with Crippen LogP contribution in [0.3, 0.4) is 0 Å². The lowest BCUT2D eigenvalue weighted by Gasteiger charge is -2.06. The minimum Gasteiger partial charge on any atom is -0.390 e. The second-order valence-corrected chi connectivity index (χ2v) is 4.07. The van der Waals surface area contributed by atoms with E-state index >= 15 is 0 Å². The molecule has 0 aliphatic rings. The molecule has 0 aliphatic heterocycles. The molecule has 5 N–H and O–H groups in total. The smallest absolute Gasteiger partial charge is 0.390 e. The molecular weight excluding hydrogens is 138 g/mol. The summed E-state index contributed by atoms with van der Waals surface area (Å²) in [5.74, 6) is 0. The molecule has 0 rings (SSSR count). The Hall–Kier alpha value is 0.0569. The first kappa shape index (κ1) is 9.06. The van der Waals surface area contributed by atoms with E-state index in [-0.39, 0.29) is 6.04 Å². The number of hydrogen-bond acceptors (Lipinski definition) is 4. The van der Waals surface area contributed by atoms with Crippen molar-refractivity contribution in [3.63, 3.8) is 0 Å². The van der Waals surface area contributed by atoms with Crippen LogP contribution >= 0.6 is 0 Å².